The molecule has 114 heavy (non-hydrogen) atoms. The van der Waals surface area contributed by atoms with Gasteiger partial charge in [0.1, 0.15) is 33.5 Å². The van der Waals surface area contributed by atoms with Crippen LogP contribution in [0.1, 0.15) is 0 Å². The van der Waals surface area contributed by atoms with E-state index in [0.717, 1.165) is 161 Å². The highest BCUT2D eigenvalue weighted by Crippen LogP contribution is 2.51. The van der Waals surface area contributed by atoms with E-state index in [-0.39, 0.29) is 0 Å². The minimum Gasteiger partial charge on any atom is -0.455 e. The molecule has 18 aromatic carbocycles. The van der Waals surface area contributed by atoms with Crippen LogP contribution in [0.5, 0.6) is 0 Å². The number of thiophene rings is 1. The highest BCUT2D eigenvalue weighted by molar-refractivity contribution is 7.26. The van der Waals surface area contributed by atoms with E-state index >= 15 is 0 Å². The predicted octanol–water partition coefficient (Wildman–Crippen LogP) is 30.0. The summed E-state index contributed by atoms with van der Waals surface area (Å²) in [5, 5.41) is 20.9. The molecule has 0 radical (unpaired) electrons. The van der Waals surface area contributed by atoms with Crippen molar-refractivity contribution >= 4 is 195 Å². The second-order valence-corrected chi connectivity index (χ2v) is 31.5. The smallest absolute Gasteiger partial charge is 0.144 e. The van der Waals surface area contributed by atoms with E-state index in [4.69, 9.17) is 13.3 Å². The van der Waals surface area contributed by atoms with Crippen molar-refractivity contribution in [2.45, 2.75) is 0 Å². The van der Waals surface area contributed by atoms with Crippen LogP contribution in [0.15, 0.2) is 377 Å². The first kappa shape index (κ1) is 61.9. The number of para-hydroxylation sites is 7. The van der Waals surface area contributed by atoms with Gasteiger partial charge < -0.3 is 31.5 Å². The van der Waals surface area contributed by atoms with Gasteiger partial charge in [-0.2, -0.15) is 0 Å². The van der Waals surface area contributed by atoms with Gasteiger partial charge in [-0.25, -0.2) is 0 Å². The average Bonchev–Trinajstić information content (AvgIpc) is 1.55. The molecule has 0 unspecified atom stereocenters. The number of aromatic nitrogens is 4. The SMILES string of the molecule is c1ccc(-n2c3ccccc3c3c2ccc2c4cc(-c5ccc(-c6ccc(-c7cccc8c7oc7ccc(-n9c%10ccccc%10c%10ccc%11c(c%12ccccc%12n%11-c%11ccc%12ccccc%12c%11)c%109)cc78)c7oc8ccccc8c67)cc5)ccc4n(-c4ccc5oc6c(-c7cccc8c7sc7ccccc78)cccc6c5c4)c23)cc1. The summed E-state index contributed by atoms with van der Waals surface area (Å²) in [5.74, 6) is 0. The zero-order valence-corrected chi connectivity index (χ0v) is 61.9. The van der Waals surface area contributed by atoms with E-state index in [2.05, 4.69) is 382 Å². The lowest BCUT2D eigenvalue weighted by molar-refractivity contribution is 0.665. The Morgan fingerprint density at radius 2 is 0.667 bits per heavy atom. The van der Waals surface area contributed by atoms with E-state index in [1.165, 1.54) is 90.6 Å². The van der Waals surface area contributed by atoms with Crippen LogP contribution in [0.3, 0.4) is 0 Å². The molecule has 8 aromatic heterocycles. The van der Waals surface area contributed by atoms with Gasteiger partial charge in [0.15, 0.2) is 0 Å². The highest BCUT2D eigenvalue weighted by Gasteiger charge is 2.28. The summed E-state index contributed by atoms with van der Waals surface area (Å²) in [6.07, 6.45) is 0. The zero-order chi connectivity index (χ0) is 74.1. The molecule has 7 nitrogen and oxygen atoms in total. The van der Waals surface area contributed by atoms with Crippen LogP contribution in [0.4, 0.5) is 0 Å². The zero-order valence-electron chi connectivity index (χ0n) is 61.1. The highest BCUT2D eigenvalue weighted by atomic mass is 32.1. The Labute approximate surface area is 653 Å². The Morgan fingerprint density at radius 1 is 0.202 bits per heavy atom. The molecule has 528 valence electrons. The van der Waals surface area contributed by atoms with Crippen molar-refractivity contribution in [2.24, 2.45) is 0 Å². The molecule has 0 bridgehead atoms. The van der Waals surface area contributed by atoms with Crippen LogP contribution >= 0.6 is 11.3 Å². The van der Waals surface area contributed by atoms with Crippen molar-refractivity contribution in [1.29, 1.82) is 0 Å². The summed E-state index contributed by atoms with van der Waals surface area (Å²) >= 11 is 1.85. The number of furan rings is 3. The van der Waals surface area contributed by atoms with Crippen molar-refractivity contribution in [1.82, 2.24) is 18.3 Å². The lowest BCUT2D eigenvalue weighted by Gasteiger charge is -2.11. The molecule has 0 fully saturated rings. The number of benzene rings is 18. The van der Waals surface area contributed by atoms with E-state index in [0.29, 0.717) is 0 Å². The fourth-order valence-electron chi connectivity index (χ4n) is 19.6. The van der Waals surface area contributed by atoms with E-state index in [1.807, 2.05) is 11.3 Å². The normalized spacial score (nSPS) is 12.4. The number of rotatable bonds is 8. The van der Waals surface area contributed by atoms with Crippen LogP contribution in [0.25, 0.3) is 251 Å². The van der Waals surface area contributed by atoms with Gasteiger partial charge in [0.05, 0.1) is 44.1 Å². The molecule has 8 heterocycles. The second-order valence-electron chi connectivity index (χ2n) is 30.5. The summed E-state index contributed by atoms with van der Waals surface area (Å²) in [4.78, 5) is 0. The third kappa shape index (κ3) is 8.63. The van der Waals surface area contributed by atoms with Crippen molar-refractivity contribution in [2.75, 3.05) is 0 Å². The van der Waals surface area contributed by atoms with Crippen molar-refractivity contribution in [3.05, 3.63) is 364 Å². The summed E-state index contributed by atoms with van der Waals surface area (Å²) < 4.78 is 33.6. The topological polar surface area (TPSA) is 59.1 Å². The van der Waals surface area contributed by atoms with Gasteiger partial charge >= 0.3 is 0 Å². The Bertz CT molecular complexity index is 8690. The molecule has 0 saturated heterocycles. The Morgan fingerprint density at radius 3 is 1.36 bits per heavy atom. The van der Waals surface area contributed by atoms with Gasteiger partial charge in [-0.1, -0.05) is 243 Å². The van der Waals surface area contributed by atoms with Crippen LogP contribution in [-0.2, 0) is 0 Å². The molecule has 0 N–H and O–H groups in total. The van der Waals surface area contributed by atoms with Crippen LogP contribution in [-0.4, -0.2) is 18.3 Å². The Balaban J connectivity index is 0.599. The average molecular weight is 1470 g/mol. The van der Waals surface area contributed by atoms with E-state index < -0.39 is 0 Å². The van der Waals surface area contributed by atoms with Gasteiger partial charge in [-0.15, -0.1) is 11.3 Å². The monoisotopic (exact) mass is 1470 g/mol. The number of nitrogens with zero attached hydrogens (tertiary/aromatic N) is 4. The third-order valence-electron chi connectivity index (χ3n) is 24.6. The Hall–Kier alpha value is -15.0. The summed E-state index contributed by atoms with van der Waals surface area (Å²) in [5.41, 5.74) is 27.3. The Kier molecular flexibility index (Phi) is 12.6. The molecular formula is C106H60N4O3S. The summed E-state index contributed by atoms with van der Waals surface area (Å²) in [6.45, 7) is 0. The molecule has 0 spiro atoms. The lowest BCUT2D eigenvalue weighted by Crippen LogP contribution is -1.95. The largest absolute Gasteiger partial charge is 0.455 e. The quantitative estimate of drug-likeness (QED) is 0.152. The van der Waals surface area contributed by atoms with Gasteiger partial charge in [0.25, 0.3) is 0 Å². The molecule has 0 aliphatic rings. The number of hydrogen-bond acceptors (Lipinski definition) is 4. The lowest BCUT2D eigenvalue weighted by atomic mass is 9.93. The molecule has 0 aliphatic heterocycles. The first-order chi connectivity index (χ1) is 56.5. The molecule has 0 atom stereocenters. The fourth-order valence-corrected chi connectivity index (χ4v) is 20.8. The molecule has 0 aliphatic carbocycles. The molecular weight excluding hydrogens is 1410 g/mol. The first-order valence-electron chi connectivity index (χ1n) is 38.9. The van der Waals surface area contributed by atoms with Crippen molar-refractivity contribution < 1.29 is 13.3 Å². The maximum absolute atomic E-state index is 7.12. The molecule has 0 saturated carbocycles. The van der Waals surface area contributed by atoms with Crippen LogP contribution in [0.2, 0.25) is 0 Å². The van der Waals surface area contributed by atoms with E-state index in [9.17, 15) is 0 Å². The van der Waals surface area contributed by atoms with Gasteiger partial charge in [0, 0.05) is 141 Å². The first-order valence-corrected chi connectivity index (χ1v) is 39.7. The van der Waals surface area contributed by atoms with Gasteiger partial charge in [-0.3, -0.25) is 0 Å². The van der Waals surface area contributed by atoms with Crippen molar-refractivity contribution in [3.8, 4) is 67.3 Å². The van der Waals surface area contributed by atoms with Gasteiger partial charge in [-0.05, 0) is 154 Å². The van der Waals surface area contributed by atoms with Gasteiger partial charge in [0.2, 0.25) is 0 Å². The minimum atomic E-state index is 0.814. The number of fused-ring (bicyclic) bond motifs is 27. The maximum atomic E-state index is 7.12. The van der Waals surface area contributed by atoms with E-state index in [1.54, 1.807) is 0 Å². The van der Waals surface area contributed by atoms with Crippen molar-refractivity contribution in [3.63, 3.8) is 0 Å². The fraction of sp³-hybridized carbons (Fsp3) is 0. The molecule has 26 rings (SSSR count). The maximum Gasteiger partial charge on any atom is 0.144 e. The van der Waals surface area contributed by atoms with Crippen LogP contribution < -0.4 is 0 Å². The third-order valence-corrected chi connectivity index (χ3v) is 25.8. The number of hydrogen-bond donors (Lipinski definition) is 0. The standard InChI is InChI=1S/C106H60N4O3S/c1-2-21-66(22-3-1)107-89-35-12-7-25-82(89)99-92(107)54-51-74-85-58-65(44-52-91(85)110(102(74)99)69-47-56-96-87(60-69)78-31-17-29-76(104(78)112-96)81-33-18-32-80-72-24-10-15-38-97(72)114-106(80)81)62-39-41-63(42-40-62)70-48-49-79(105-98(70)84-27-9-14-37-94(84)113-105)75-28-16-30-77-86-59-68(46-55-95(86)111-103(75)77)109-88-34-11-6-23-71(88)73-50-53-93-100(101(73)109)83-26-8-13-36-90(83)108(93)67-45-43-61-19-4-5-20-64(61)57-67/h1-60H. The summed E-state index contributed by atoms with van der Waals surface area (Å²) in [6, 6.07) is 133. The van der Waals surface area contributed by atoms with Crippen LogP contribution in [0, 0.1) is 0 Å². The molecule has 0 amide bonds. The summed E-state index contributed by atoms with van der Waals surface area (Å²) in [7, 11) is 0. The molecule has 8 heteroatoms. The second kappa shape index (κ2) is 23.3. The molecule has 26 aromatic rings. The minimum absolute atomic E-state index is 0.814. The predicted molar refractivity (Wildman–Crippen MR) is 478 cm³/mol.